The predicted molar refractivity (Wildman–Crippen MR) is 77.8 cm³/mol. The fourth-order valence-corrected chi connectivity index (χ4v) is 1.99. The van der Waals surface area contributed by atoms with Gasteiger partial charge in [0.25, 0.3) is 0 Å². The Bertz CT molecular complexity index is 535. The second kappa shape index (κ2) is 7.07. The average Bonchev–Trinajstić information content (AvgIpc) is 2.79. The zero-order valence-electron chi connectivity index (χ0n) is 12.0. The number of aromatic nitrogens is 2. The highest BCUT2D eigenvalue weighted by molar-refractivity contribution is 5.26. The molecule has 0 aliphatic heterocycles. The van der Waals surface area contributed by atoms with Gasteiger partial charge in [0.15, 0.2) is 0 Å². The van der Waals surface area contributed by atoms with Crippen LogP contribution in [0.25, 0.3) is 0 Å². The molecule has 0 atom stereocenters. The summed E-state index contributed by atoms with van der Waals surface area (Å²) in [5.74, 6) is 0.286. The van der Waals surface area contributed by atoms with Crippen LogP contribution in [0.2, 0.25) is 0 Å². The molecule has 0 unspecified atom stereocenters. The third kappa shape index (κ3) is 3.82. The van der Waals surface area contributed by atoms with Gasteiger partial charge >= 0.3 is 0 Å². The van der Waals surface area contributed by atoms with Gasteiger partial charge in [-0.1, -0.05) is 12.1 Å². The van der Waals surface area contributed by atoms with Crippen molar-refractivity contribution in [3.05, 3.63) is 47.3 Å². The van der Waals surface area contributed by atoms with Crippen LogP contribution in [0.4, 0.5) is 0 Å². The highest BCUT2D eigenvalue weighted by Crippen LogP contribution is 2.13. The third-order valence-corrected chi connectivity index (χ3v) is 3.27. The number of hydrogen-bond donors (Lipinski definition) is 2. The molecule has 2 rings (SSSR count). The highest BCUT2D eigenvalue weighted by Gasteiger charge is 2.06. The number of benzene rings is 1. The summed E-state index contributed by atoms with van der Waals surface area (Å²) in [5.41, 5.74) is 3.47. The molecule has 0 aliphatic carbocycles. The molecular weight excluding hydrogens is 254 g/mol. The third-order valence-electron chi connectivity index (χ3n) is 3.27. The molecule has 0 bridgehead atoms. The van der Waals surface area contributed by atoms with E-state index in [-0.39, 0.29) is 5.75 Å². The van der Waals surface area contributed by atoms with Crippen LogP contribution in [0.15, 0.2) is 30.5 Å². The van der Waals surface area contributed by atoms with Crippen LogP contribution >= 0.6 is 0 Å². The van der Waals surface area contributed by atoms with E-state index in [0.29, 0.717) is 13.2 Å². The lowest BCUT2D eigenvalue weighted by molar-refractivity contribution is 0.199. The smallest absolute Gasteiger partial charge is 0.115 e. The summed E-state index contributed by atoms with van der Waals surface area (Å²) in [7, 11) is 1.70. The lowest BCUT2D eigenvalue weighted by Crippen LogP contribution is -2.18. The molecule has 108 valence electrons. The summed E-state index contributed by atoms with van der Waals surface area (Å²) in [4.78, 5) is 0. The molecule has 1 aromatic heterocycles. The zero-order chi connectivity index (χ0) is 14.4. The van der Waals surface area contributed by atoms with Crippen molar-refractivity contribution in [1.29, 1.82) is 0 Å². The van der Waals surface area contributed by atoms with Gasteiger partial charge in [0, 0.05) is 31.5 Å². The van der Waals surface area contributed by atoms with Crippen molar-refractivity contribution in [1.82, 2.24) is 15.1 Å². The maximum absolute atomic E-state index is 9.28. The number of phenolic OH excluding ortho intramolecular Hbond substituents is 1. The molecule has 0 fully saturated rings. The Morgan fingerprint density at radius 3 is 2.75 bits per heavy atom. The fraction of sp³-hybridized carbons (Fsp3) is 0.400. The lowest BCUT2D eigenvalue weighted by atomic mass is 10.2. The van der Waals surface area contributed by atoms with Crippen LogP contribution in [-0.2, 0) is 17.8 Å². The normalized spacial score (nSPS) is 10.9. The Labute approximate surface area is 119 Å². The monoisotopic (exact) mass is 275 g/mol. The number of rotatable bonds is 7. The van der Waals surface area contributed by atoms with Crippen molar-refractivity contribution in [3.8, 4) is 5.75 Å². The van der Waals surface area contributed by atoms with E-state index >= 15 is 0 Å². The first-order chi connectivity index (χ1) is 9.70. The molecular formula is C15H21N3O2. The van der Waals surface area contributed by atoms with Gasteiger partial charge in [-0.15, -0.1) is 0 Å². The van der Waals surface area contributed by atoms with Gasteiger partial charge in [-0.2, -0.15) is 5.10 Å². The van der Waals surface area contributed by atoms with E-state index in [4.69, 9.17) is 4.74 Å². The van der Waals surface area contributed by atoms with Gasteiger partial charge in [0.1, 0.15) is 5.75 Å². The summed E-state index contributed by atoms with van der Waals surface area (Å²) >= 11 is 0. The molecule has 2 N–H and O–H groups in total. The van der Waals surface area contributed by atoms with Gasteiger partial charge < -0.3 is 15.2 Å². The minimum Gasteiger partial charge on any atom is -0.508 e. The summed E-state index contributed by atoms with van der Waals surface area (Å²) in [6.45, 7) is 5.12. The molecule has 0 saturated heterocycles. The van der Waals surface area contributed by atoms with Crippen molar-refractivity contribution in [2.75, 3.05) is 20.3 Å². The van der Waals surface area contributed by atoms with Crippen LogP contribution in [0.3, 0.4) is 0 Å². The molecule has 0 radical (unpaired) electrons. The molecule has 1 heterocycles. The van der Waals surface area contributed by atoms with Crippen LogP contribution in [0, 0.1) is 6.92 Å². The number of aromatic hydroxyl groups is 1. The highest BCUT2D eigenvalue weighted by atomic mass is 16.5. The first-order valence-electron chi connectivity index (χ1n) is 6.69. The van der Waals surface area contributed by atoms with Crippen molar-refractivity contribution >= 4 is 0 Å². The van der Waals surface area contributed by atoms with Crippen LogP contribution in [0.1, 0.15) is 16.8 Å². The second-order valence-corrected chi connectivity index (χ2v) is 4.75. The SMILES string of the molecule is COCCNCc1cnn(Cc2ccc(O)cc2)c1C. The van der Waals surface area contributed by atoms with E-state index < -0.39 is 0 Å². The van der Waals surface area contributed by atoms with Gasteiger partial charge in [-0.05, 0) is 24.6 Å². The van der Waals surface area contributed by atoms with Crippen LogP contribution in [0.5, 0.6) is 5.75 Å². The molecule has 5 heteroatoms. The van der Waals surface area contributed by atoms with E-state index in [0.717, 1.165) is 24.3 Å². The van der Waals surface area contributed by atoms with E-state index in [9.17, 15) is 5.11 Å². The number of phenols is 1. The van der Waals surface area contributed by atoms with Crippen LogP contribution < -0.4 is 5.32 Å². The first kappa shape index (κ1) is 14.6. The maximum Gasteiger partial charge on any atom is 0.115 e. The lowest BCUT2D eigenvalue weighted by Gasteiger charge is -2.07. The Morgan fingerprint density at radius 2 is 2.05 bits per heavy atom. The van der Waals surface area contributed by atoms with Crippen molar-refractivity contribution < 1.29 is 9.84 Å². The standard InChI is InChI=1S/C15H21N3O2/c1-12-14(9-16-7-8-20-2)10-17-18(12)11-13-3-5-15(19)6-4-13/h3-6,10,16,19H,7-9,11H2,1-2H3. The Morgan fingerprint density at radius 1 is 1.30 bits per heavy atom. The quantitative estimate of drug-likeness (QED) is 0.755. The Hall–Kier alpha value is -1.85. The van der Waals surface area contributed by atoms with Crippen molar-refractivity contribution in [2.24, 2.45) is 0 Å². The largest absolute Gasteiger partial charge is 0.508 e. The van der Waals surface area contributed by atoms with Gasteiger partial charge in [0.05, 0.1) is 19.3 Å². The molecule has 0 aliphatic rings. The molecule has 0 amide bonds. The minimum atomic E-state index is 0.286. The number of nitrogens with one attached hydrogen (secondary N) is 1. The summed E-state index contributed by atoms with van der Waals surface area (Å²) < 4.78 is 6.97. The Balaban J connectivity index is 1.96. The molecule has 0 saturated carbocycles. The maximum atomic E-state index is 9.28. The zero-order valence-corrected chi connectivity index (χ0v) is 12.0. The van der Waals surface area contributed by atoms with E-state index in [2.05, 4.69) is 17.3 Å². The summed E-state index contributed by atoms with van der Waals surface area (Å²) in [6, 6.07) is 7.21. The molecule has 20 heavy (non-hydrogen) atoms. The Kier molecular flexibility index (Phi) is 5.15. The minimum absolute atomic E-state index is 0.286. The number of nitrogens with zero attached hydrogens (tertiary/aromatic N) is 2. The molecule has 5 nitrogen and oxygen atoms in total. The topological polar surface area (TPSA) is 59.3 Å². The van der Waals surface area contributed by atoms with Crippen molar-refractivity contribution in [2.45, 2.75) is 20.0 Å². The average molecular weight is 275 g/mol. The predicted octanol–water partition coefficient (Wildman–Crippen LogP) is 1.68. The van der Waals surface area contributed by atoms with Gasteiger partial charge in [-0.3, -0.25) is 4.68 Å². The van der Waals surface area contributed by atoms with E-state index in [1.165, 1.54) is 5.56 Å². The summed E-state index contributed by atoms with van der Waals surface area (Å²) in [5, 5.41) is 17.0. The van der Waals surface area contributed by atoms with Gasteiger partial charge in [-0.25, -0.2) is 0 Å². The molecule has 2 aromatic rings. The molecule has 1 aromatic carbocycles. The van der Waals surface area contributed by atoms with Crippen LogP contribution in [-0.4, -0.2) is 35.1 Å². The van der Waals surface area contributed by atoms with Gasteiger partial charge in [0.2, 0.25) is 0 Å². The summed E-state index contributed by atoms with van der Waals surface area (Å²) in [6.07, 6.45) is 1.90. The number of methoxy groups -OCH3 is 1. The number of ether oxygens (including phenoxy) is 1. The first-order valence-corrected chi connectivity index (χ1v) is 6.69. The van der Waals surface area contributed by atoms with E-state index in [1.807, 2.05) is 23.0 Å². The number of hydrogen-bond acceptors (Lipinski definition) is 4. The molecule has 0 spiro atoms. The second-order valence-electron chi connectivity index (χ2n) is 4.75. The van der Waals surface area contributed by atoms with Crippen molar-refractivity contribution in [3.63, 3.8) is 0 Å². The fourth-order valence-electron chi connectivity index (χ4n) is 1.99. The van der Waals surface area contributed by atoms with E-state index in [1.54, 1.807) is 19.2 Å².